The average molecular weight is 355 g/mol. The van der Waals surface area contributed by atoms with Crippen LogP contribution < -0.4 is 5.32 Å². The molecule has 1 aromatic rings. The highest BCUT2D eigenvalue weighted by molar-refractivity contribution is 7.89. The lowest BCUT2D eigenvalue weighted by molar-refractivity contribution is 0.0694. The van der Waals surface area contributed by atoms with E-state index in [0.717, 1.165) is 0 Å². The lowest BCUT2D eigenvalue weighted by atomic mass is 10.1. The second kappa shape index (κ2) is 7.18. The van der Waals surface area contributed by atoms with Crippen molar-refractivity contribution in [1.29, 1.82) is 0 Å². The normalized spacial score (nSPS) is 17.7. The van der Waals surface area contributed by atoms with Gasteiger partial charge in [-0.2, -0.15) is 4.31 Å². The Hall–Kier alpha value is -1.48. The minimum absolute atomic E-state index is 0.0846. The Morgan fingerprint density at radius 2 is 1.88 bits per heavy atom. The monoisotopic (exact) mass is 355 g/mol. The summed E-state index contributed by atoms with van der Waals surface area (Å²) in [6.07, 6.45) is 0. The van der Waals surface area contributed by atoms with Crippen LogP contribution in [0.2, 0.25) is 0 Å². The predicted octanol–water partition coefficient (Wildman–Crippen LogP) is 0.123. The number of carbonyl (C=O) groups is 1. The lowest BCUT2D eigenvalue weighted by Crippen LogP contribution is -2.47. The molecule has 134 valence electrons. The molecule has 2 rings (SSSR count). The van der Waals surface area contributed by atoms with Gasteiger partial charge in [0.15, 0.2) is 0 Å². The number of hydrogen-bond acceptors (Lipinski definition) is 5. The van der Waals surface area contributed by atoms with Crippen LogP contribution in [0.25, 0.3) is 0 Å². The molecule has 1 fully saturated rings. The molecule has 0 aromatic heterocycles. The van der Waals surface area contributed by atoms with Gasteiger partial charge in [-0.1, -0.05) is 6.07 Å². The molecular formula is C16H25N3O4S. The number of amides is 1. The van der Waals surface area contributed by atoms with Crippen molar-refractivity contribution in [3.63, 3.8) is 0 Å². The average Bonchev–Trinajstić information content (AvgIpc) is 2.52. The van der Waals surface area contributed by atoms with Crippen molar-refractivity contribution < 1.29 is 18.3 Å². The van der Waals surface area contributed by atoms with Crippen molar-refractivity contribution in [3.05, 3.63) is 29.8 Å². The van der Waals surface area contributed by atoms with Crippen molar-refractivity contribution in [2.75, 3.05) is 39.8 Å². The van der Waals surface area contributed by atoms with E-state index in [4.69, 9.17) is 0 Å². The zero-order chi connectivity index (χ0) is 18.0. The summed E-state index contributed by atoms with van der Waals surface area (Å²) >= 11 is 0. The summed E-state index contributed by atoms with van der Waals surface area (Å²) in [7, 11) is -1.65. The first-order chi connectivity index (χ1) is 11.1. The summed E-state index contributed by atoms with van der Waals surface area (Å²) in [5, 5.41) is 12.3. The molecule has 0 radical (unpaired) electrons. The van der Waals surface area contributed by atoms with Gasteiger partial charge in [-0.05, 0) is 39.1 Å². The third kappa shape index (κ3) is 4.76. The van der Waals surface area contributed by atoms with E-state index in [0.29, 0.717) is 26.2 Å². The first kappa shape index (κ1) is 18.9. The molecule has 24 heavy (non-hydrogen) atoms. The van der Waals surface area contributed by atoms with E-state index in [1.807, 2.05) is 7.05 Å². The molecule has 0 atom stereocenters. The van der Waals surface area contributed by atoms with Gasteiger partial charge in [-0.3, -0.25) is 4.79 Å². The number of nitrogens with one attached hydrogen (secondary N) is 1. The number of carbonyl (C=O) groups excluding carboxylic acids is 1. The number of sulfonamides is 1. The molecule has 0 saturated carbocycles. The smallest absolute Gasteiger partial charge is 0.251 e. The van der Waals surface area contributed by atoms with E-state index < -0.39 is 21.5 Å². The summed E-state index contributed by atoms with van der Waals surface area (Å²) in [6, 6.07) is 6.00. The molecule has 2 N–H and O–H groups in total. The molecule has 1 aliphatic rings. The molecule has 0 aliphatic carbocycles. The summed E-state index contributed by atoms with van der Waals surface area (Å²) in [4.78, 5) is 14.3. The fraction of sp³-hybridized carbons (Fsp3) is 0.562. The van der Waals surface area contributed by atoms with E-state index >= 15 is 0 Å². The van der Waals surface area contributed by atoms with Gasteiger partial charge in [-0.25, -0.2) is 8.42 Å². The van der Waals surface area contributed by atoms with Gasteiger partial charge in [0.25, 0.3) is 5.91 Å². The number of benzene rings is 1. The number of piperazine rings is 1. The van der Waals surface area contributed by atoms with Gasteiger partial charge in [0.2, 0.25) is 10.0 Å². The molecule has 1 heterocycles. The van der Waals surface area contributed by atoms with Gasteiger partial charge >= 0.3 is 0 Å². The largest absolute Gasteiger partial charge is 0.389 e. The third-order valence-electron chi connectivity index (χ3n) is 3.88. The van der Waals surface area contributed by atoms with Gasteiger partial charge in [-0.15, -0.1) is 0 Å². The van der Waals surface area contributed by atoms with E-state index in [1.54, 1.807) is 26.0 Å². The molecule has 0 bridgehead atoms. The lowest BCUT2D eigenvalue weighted by Gasteiger charge is -2.31. The number of rotatable bonds is 5. The molecule has 8 heteroatoms. The van der Waals surface area contributed by atoms with Crippen molar-refractivity contribution in [1.82, 2.24) is 14.5 Å². The highest BCUT2D eigenvalue weighted by Gasteiger charge is 2.28. The summed E-state index contributed by atoms with van der Waals surface area (Å²) in [5.41, 5.74) is -0.770. The fourth-order valence-corrected chi connectivity index (χ4v) is 3.84. The van der Waals surface area contributed by atoms with Crippen LogP contribution in [0.3, 0.4) is 0 Å². The minimum atomic E-state index is -3.61. The standard InChI is InChI=1S/C16H25N3O4S/c1-16(2,21)12-17-15(20)13-5-4-6-14(11-13)24(22,23)19-9-7-18(3)8-10-19/h4-6,11,21H,7-10,12H2,1-3H3,(H,17,20). The zero-order valence-corrected chi connectivity index (χ0v) is 15.1. The molecule has 1 saturated heterocycles. The Bertz CT molecular complexity index is 690. The highest BCUT2D eigenvalue weighted by atomic mass is 32.2. The van der Waals surface area contributed by atoms with Crippen molar-refractivity contribution in [2.45, 2.75) is 24.3 Å². The van der Waals surface area contributed by atoms with Crippen LogP contribution in [0.15, 0.2) is 29.2 Å². The van der Waals surface area contributed by atoms with Crippen LogP contribution in [0.4, 0.5) is 0 Å². The Kier molecular flexibility index (Phi) is 5.64. The molecule has 1 aromatic carbocycles. The highest BCUT2D eigenvalue weighted by Crippen LogP contribution is 2.18. The van der Waals surface area contributed by atoms with E-state index in [-0.39, 0.29) is 17.0 Å². The minimum Gasteiger partial charge on any atom is -0.389 e. The number of likely N-dealkylation sites (N-methyl/N-ethyl adjacent to an activating group) is 1. The van der Waals surface area contributed by atoms with E-state index in [1.165, 1.54) is 16.4 Å². The molecule has 0 unspecified atom stereocenters. The van der Waals surface area contributed by atoms with Crippen molar-refractivity contribution in [3.8, 4) is 0 Å². The maximum Gasteiger partial charge on any atom is 0.251 e. The maximum absolute atomic E-state index is 12.7. The summed E-state index contributed by atoms with van der Waals surface area (Å²) in [6.45, 7) is 5.50. The van der Waals surface area contributed by atoms with Gasteiger partial charge in [0.1, 0.15) is 0 Å². The van der Waals surface area contributed by atoms with Gasteiger partial charge in [0, 0.05) is 38.3 Å². The zero-order valence-electron chi connectivity index (χ0n) is 14.3. The van der Waals surface area contributed by atoms with Crippen LogP contribution in [0.5, 0.6) is 0 Å². The van der Waals surface area contributed by atoms with Crippen LogP contribution in [-0.2, 0) is 10.0 Å². The first-order valence-corrected chi connectivity index (χ1v) is 9.33. The van der Waals surface area contributed by atoms with Crippen LogP contribution in [0, 0.1) is 0 Å². The number of hydrogen-bond donors (Lipinski definition) is 2. The Morgan fingerprint density at radius 1 is 1.25 bits per heavy atom. The number of aliphatic hydroxyl groups is 1. The third-order valence-corrected chi connectivity index (χ3v) is 5.77. The van der Waals surface area contributed by atoms with E-state index in [2.05, 4.69) is 10.2 Å². The second-order valence-corrected chi connectivity index (χ2v) is 8.67. The van der Waals surface area contributed by atoms with Gasteiger partial charge in [0.05, 0.1) is 10.5 Å². The Labute approximate surface area is 143 Å². The van der Waals surface area contributed by atoms with Crippen LogP contribution in [-0.4, -0.2) is 74.0 Å². The Balaban J connectivity index is 2.16. The summed E-state index contributed by atoms with van der Waals surface area (Å²) < 4.78 is 26.9. The maximum atomic E-state index is 12.7. The van der Waals surface area contributed by atoms with Crippen molar-refractivity contribution in [2.24, 2.45) is 0 Å². The molecular weight excluding hydrogens is 330 g/mol. The molecule has 1 amide bonds. The quantitative estimate of drug-likeness (QED) is 0.783. The summed E-state index contributed by atoms with van der Waals surface area (Å²) in [5.74, 6) is -0.410. The fourth-order valence-electron chi connectivity index (χ4n) is 2.37. The molecule has 1 aliphatic heterocycles. The number of nitrogens with zero attached hydrogens (tertiary/aromatic N) is 2. The van der Waals surface area contributed by atoms with Crippen molar-refractivity contribution >= 4 is 15.9 Å². The SMILES string of the molecule is CN1CCN(S(=O)(=O)c2cccc(C(=O)NCC(C)(C)O)c2)CC1. The van der Waals surface area contributed by atoms with Gasteiger partial charge < -0.3 is 15.3 Å². The van der Waals surface area contributed by atoms with E-state index in [9.17, 15) is 18.3 Å². The first-order valence-electron chi connectivity index (χ1n) is 7.89. The molecule has 7 nitrogen and oxygen atoms in total. The Morgan fingerprint density at radius 3 is 2.46 bits per heavy atom. The van der Waals surface area contributed by atoms with Crippen LogP contribution >= 0.6 is 0 Å². The molecule has 0 spiro atoms. The van der Waals surface area contributed by atoms with Crippen LogP contribution in [0.1, 0.15) is 24.2 Å². The predicted molar refractivity (Wildman–Crippen MR) is 91.3 cm³/mol. The second-order valence-electron chi connectivity index (χ2n) is 6.73. The topological polar surface area (TPSA) is 90.0 Å².